The smallest absolute Gasteiger partial charge is 0.131 e. The zero-order valence-corrected chi connectivity index (χ0v) is 11.1. The molecule has 0 aliphatic rings. The van der Waals surface area contributed by atoms with Crippen molar-refractivity contribution in [2.24, 2.45) is 0 Å². The Morgan fingerprint density at radius 3 is 2.74 bits per heavy atom. The van der Waals surface area contributed by atoms with Gasteiger partial charge in [-0.25, -0.2) is 9.97 Å². The second-order valence-corrected chi connectivity index (χ2v) is 4.22. The molecule has 0 bridgehead atoms. The molecule has 0 aliphatic heterocycles. The molecule has 19 heavy (non-hydrogen) atoms. The number of rotatable bonds is 8. The summed E-state index contributed by atoms with van der Waals surface area (Å²) in [6, 6.07) is 5.93. The number of aromatic amines is 1. The molecular formula is C13H20N6. The van der Waals surface area contributed by atoms with E-state index in [1.807, 2.05) is 31.4 Å². The van der Waals surface area contributed by atoms with Crippen molar-refractivity contribution in [1.82, 2.24) is 20.3 Å². The molecule has 0 spiro atoms. The monoisotopic (exact) mass is 260 g/mol. The molecule has 4 N–H and O–H groups in total. The molecule has 0 amide bonds. The number of anilines is 2. The summed E-state index contributed by atoms with van der Waals surface area (Å²) < 4.78 is 0. The van der Waals surface area contributed by atoms with Gasteiger partial charge in [-0.1, -0.05) is 0 Å². The van der Waals surface area contributed by atoms with E-state index in [1.54, 1.807) is 6.33 Å². The summed E-state index contributed by atoms with van der Waals surface area (Å²) >= 11 is 0. The van der Waals surface area contributed by atoms with Gasteiger partial charge in [0, 0.05) is 24.5 Å². The highest BCUT2D eigenvalue weighted by atomic mass is 15.1. The number of hydrogen-bond donors (Lipinski definition) is 4. The van der Waals surface area contributed by atoms with Gasteiger partial charge in [0.2, 0.25) is 0 Å². The van der Waals surface area contributed by atoms with E-state index >= 15 is 0 Å². The zero-order chi connectivity index (χ0) is 13.3. The first kappa shape index (κ1) is 13.4. The molecular weight excluding hydrogens is 240 g/mol. The molecule has 0 aliphatic carbocycles. The lowest BCUT2D eigenvalue weighted by atomic mass is 10.4. The molecule has 102 valence electrons. The van der Waals surface area contributed by atoms with Crippen molar-refractivity contribution in [1.29, 1.82) is 0 Å². The van der Waals surface area contributed by atoms with Gasteiger partial charge in [0.05, 0.1) is 6.54 Å². The summed E-state index contributed by atoms with van der Waals surface area (Å²) in [4.78, 5) is 11.5. The topological polar surface area (TPSA) is 77.7 Å². The fourth-order valence-corrected chi connectivity index (χ4v) is 1.70. The van der Waals surface area contributed by atoms with Crippen LogP contribution in [0, 0.1) is 0 Å². The van der Waals surface area contributed by atoms with E-state index in [9.17, 15) is 0 Å². The van der Waals surface area contributed by atoms with E-state index in [-0.39, 0.29) is 0 Å². The molecule has 0 atom stereocenters. The molecule has 0 saturated heterocycles. The lowest BCUT2D eigenvalue weighted by Crippen LogP contribution is -2.13. The molecule has 2 rings (SSSR count). The van der Waals surface area contributed by atoms with Gasteiger partial charge in [0.25, 0.3) is 0 Å². The maximum atomic E-state index is 4.19. The predicted octanol–water partition coefficient (Wildman–Crippen LogP) is 1.44. The van der Waals surface area contributed by atoms with Gasteiger partial charge in [0.1, 0.15) is 18.0 Å². The Balaban J connectivity index is 1.81. The van der Waals surface area contributed by atoms with Crippen LogP contribution in [-0.2, 0) is 6.54 Å². The molecule has 0 unspecified atom stereocenters. The second kappa shape index (κ2) is 7.38. The number of nitrogens with one attached hydrogen (secondary N) is 4. The van der Waals surface area contributed by atoms with E-state index in [1.165, 1.54) is 0 Å². The van der Waals surface area contributed by atoms with Crippen LogP contribution >= 0.6 is 0 Å². The average molecular weight is 260 g/mol. The van der Waals surface area contributed by atoms with Crippen LogP contribution in [0.15, 0.2) is 30.7 Å². The van der Waals surface area contributed by atoms with Crippen LogP contribution in [0.2, 0.25) is 0 Å². The molecule has 6 heteroatoms. The van der Waals surface area contributed by atoms with Gasteiger partial charge in [-0.2, -0.15) is 0 Å². The van der Waals surface area contributed by atoms with E-state index in [0.29, 0.717) is 0 Å². The first-order chi connectivity index (χ1) is 9.38. The Morgan fingerprint density at radius 2 is 2.00 bits per heavy atom. The summed E-state index contributed by atoms with van der Waals surface area (Å²) in [6.07, 6.45) is 4.54. The van der Waals surface area contributed by atoms with Crippen LogP contribution in [0.25, 0.3) is 0 Å². The first-order valence-electron chi connectivity index (χ1n) is 6.45. The molecule has 0 radical (unpaired) electrons. The third kappa shape index (κ3) is 4.59. The van der Waals surface area contributed by atoms with Crippen LogP contribution in [0.1, 0.15) is 12.1 Å². The Kier molecular flexibility index (Phi) is 5.18. The number of aromatic nitrogens is 3. The first-order valence-corrected chi connectivity index (χ1v) is 6.45. The quantitative estimate of drug-likeness (QED) is 0.540. The largest absolute Gasteiger partial charge is 0.370 e. The Hall–Kier alpha value is -2.08. The molecule has 2 heterocycles. The van der Waals surface area contributed by atoms with Crippen molar-refractivity contribution < 1.29 is 0 Å². The summed E-state index contributed by atoms with van der Waals surface area (Å²) in [5.74, 6) is 1.67. The normalized spacial score (nSPS) is 10.4. The van der Waals surface area contributed by atoms with Crippen molar-refractivity contribution in [3.8, 4) is 0 Å². The highest BCUT2D eigenvalue weighted by Crippen LogP contribution is 2.09. The summed E-state index contributed by atoms with van der Waals surface area (Å²) in [6.45, 7) is 2.62. The zero-order valence-electron chi connectivity index (χ0n) is 11.1. The fourth-order valence-electron chi connectivity index (χ4n) is 1.70. The standard InChI is InChI=1S/C13H20N6/c1-14-5-3-7-16-12-8-13(19-10-18-12)17-9-11-4-2-6-15-11/h2,4,6,8,10,14-15H,3,5,7,9H2,1H3,(H2,16,17,18,19). The van der Waals surface area contributed by atoms with Crippen molar-refractivity contribution in [2.75, 3.05) is 30.8 Å². The molecule has 0 saturated carbocycles. The lowest BCUT2D eigenvalue weighted by molar-refractivity contribution is 0.746. The van der Waals surface area contributed by atoms with Gasteiger partial charge in [-0.05, 0) is 32.1 Å². The average Bonchev–Trinajstić information content (AvgIpc) is 2.95. The maximum Gasteiger partial charge on any atom is 0.131 e. The third-order valence-electron chi connectivity index (χ3n) is 2.70. The summed E-state index contributed by atoms with van der Waals surface area (Å²) in [5, 5.41) is 9.64. The third-order valence-corrected chi connectivity index (χ3v) is 2.70. The van der Waals surface area contributed by atoms with Gasteiger partial charge in [-0.3, -0.25) is 0 Å². The van der Waals surface area contributed by atoms with Crippen LogP contribution in [0.3, 0.4) is 0 Å². The van der Waals surface area contributed by atoms with Gasteiger partial charge in [0.15, 0.2) is 0 Å². The Morgan fingerprint density at radius 1 is 1.16 bits per heavy atom. The van der Waals surface area contributed by atoms with Crippen LogP contribution in [0.4, 0.5) is 11.6 Å². The van der Waals surface area contributed by atoms with Crippen LogP contribution < -0.4 is 16.0 Å². The highest BCUT2D eigenvalue weighted by molar-refractivity contribution is 5.46. The minimum absolute atomic E-state index is 0.725. The van der Waals surface area contributed by atoms with Gasteiger partial charge < -0.3 is 20.9 Å². The number of H-pyrrole nitrogens is 1. The maximum absolute atomic E-state index is 4.19. The SMILES string of the molecule is CNCCCNc1cc(NCc2ccc[nH]2)ncn1. The van der Waals surface area contributed by atoms with Crippen molar-refractivity contribution in [3.05, 3.63) is 36.4 Å². The fraction of sp³-hybridized carbons (Fsp3) is 0.385. The van der Waals surface area contributed by atoms with E-state index in [0.717, 1.165) is 43.4 Å². The van der Waals surface area contributed by atoms with Gasteiger partial charge >= 0.3 is 0 Å². The minimum Gasteiger partial charge on any atom is -0.370 e. The van der Waals surface area contributed by atoms with Crippen molar-refractivity contribution >= 4 is 11.6 Å². The van der Waals surface area contributed by atoms with E-state index in [2.05, 4.69) is 30.9 Å². The van der Waals surface area contributed by atoms with Crippen molar-refractivity contribution in [3.63, 3.8) is 0 Å². The van der Waals surface area contributed by atoms with Crippen LogP contribution in [-0.4, -0.2) is 35.1 Å². The Bertz CT molecular complexity index is 468. The van der Waals surface area contributed by atoms with E-state index < -0.39 is 0 Å². The highest BCUT2D eigenvalue weighted by Gasteiger charge is 1.99. The predicted molar refractivity (Wildman–Crippen MR) is 77.2 cm³/mol. The van der Waals surface area contributed by atoms with Crippen molar-refractivity contribution in [2.45, 2.75) is 13.0 Å². The molecule has 2 aromatic heterocycles. The van der Waals surface area contributed by atoms with E-state index in [4.69, 9.17) is 0 Å². The molecule has 2 aromatic rings. The Labute approximate surface area is 113 Å². The van der Waals surface area contributed by atoms with Crippen LogP contribution in [0.5, 0.6) is 0 Å². The summed E-state index contributed by atoms with van der Waals surface area (Å²) in [7, 11) is 1.95. The summed E-state index contributed by atoms with van der Waals surface area (Å²) in [5.41, 5.74) is 1.13. The number of nitrogens with zero attached hydrogens (tertiary/aromatic N) is 2. The number of hydrogen-bond acceptors (Lipinski definition) is 5. The molecule has 6 nitrogen and oxygen atoms in total. The van der Waals surface area contributed by atoms with Gasteiger partial charge in [-0.15, -0.1) is 0 Å². The molecule has 0 fully saturated rings. The lowest BCUT2D eigenvalue weighted by Gasteiger charge is -2.08. The molecule has 0 aromatic carbocycles. The minimum atomic E-state index is 0.725. The second-order valence-electron chi connectivity index (χ2n) is 4.22.